The topological polar surface area (TPSA) is 132 Å². The van der Waals surface area contributed by atoms with E-state index in [4.69, 9.17) is 15.9 Å². The second kappa shape index (κ2) is 8.08. The van der Waals surface area contributed by atoms with Crippen LogP contribution >= 0.6 is 0 Å². The number of nitrogens with two attached hydrogens (primary N) is 2. The van der Waals surface area contributed by atoms with Gasteiger partial charge in [-0.05, 0) is 47.2 Å². The average molecular weight is 406 g/mol. The molecule has 0 aliphatic carbocycles. The number of benzene rings is 2. The van der Waals surface area contributed by atoms with E-state index in [0.717, 1.165) is 18.4 Å². The number of nitroso groups, excluding NO2 is 1. The van der Waals surface area contributed by atoms with Gasteiger partial charge in [-0.15, -0.1) is 4.91 Å². The Morgan fingerprint density at radius 2 is 1.93 bits per heavy atom. The summed E-state index contributed by atoms with van der Waals surface area (Å²) in [5.74, 6) is -0.0152. The number of anilines is 1. The van der Waals surface area contributed by atoms with Gasteiger partial charge >= 0.3 is 5.63 Å². The molecule has 3 aromatic rings. The van der Waals surface area contributed by atoms with Gasteiger partial charge in [0.2, 0.25) is 0 Å². The Hall–Kier alpha value is -3.52. The standard InChI is InChI=1S/C22H22N4O4/c23-12-13-2-1-3-15(8-13)14-4-6-26(7-5-14)21(27)17-9-16-10-18(24)19(25-29)11-20(16)30-22(17)28/h1-3,8-11,14H,4-7,12,23-24H2. The fraction of sp³-hybridized carbons (Fsp3) is 0.273. The molecule has 2 heterocycles. The van der Waals surface area contributed by atoms with Gasteiger partial charge in [0.15, 0.2) is 0 Å². The van der Waals surface area contributed by atoms with Gasteiger partial charge in [-0.3, -0.25) is 4.79 Å². The van der Waals surface area contributed by atoms with Gasteiger partial charge in [-0.1, -0.05) is 24.3 Å². The molecule has 0 radical (unpaired) electrons. The van der Waals surface area contributed by atoms with Gasteiger partial charge in [0.1, 0.15) is 16.8 Å². The molecule has 0 unspecified atom stereocenters. The molecule has 1 saturated heterocycles. The van der Waals surface area contributed by atoms with E-state index < -0.39 is 5.63 Å². The van der Waals surface area contributed by atoms with Crippen LogP contribution in [0.1, 0.15) is 40.2 Å². The van der Waals surface area contributed by atoms with Crippen LogP contribution < -0.4 is 17.1 Å². The predicted molar refractivity (Wildman–Crippen MR) is 115 cm³/mol. The van der Waals surface area contributed by atoms with E-state index in [0.29, 0.717) is 30.9 Å². The molecule has 0 spiro atoms. The lowest BCUT2D eigenvalue weighted by Gasteiger charge is -2.32. The van der Waals surface area contributed by atoms with E-state index >= 15 is 0 Å². The number of piperidine rings is 1. The number of nitrogens with zero attached hydrogens (tertiary/aromatic N) is 2. The van der Waals surface area contributed by atoms with Crippen LogP contribution in [0.4, 0.5) is 11.4 Å². The van der Waals surface area contributed by atoms with Crippen LogP contribution in [0.3, 0.4) is 0 Å². The van der Waals surface area contributed by atoms with Gasteiger partial charge in [-0.2, -0.15) is 0 Å². The zero-order valence-corrected chi connectivity index (χ0v) is 16.3. The summed E-state index contributed by atoms with van der Waals surface area (Å²) in [6, 6.07) is 12.5. The van der Waals surface area contributed by atoms with E-state index in [9.17, 15) is 14.5 Å². The maximum Gasteiger partial charge on any atom is 0.349 e. The number of amides is 1. The van der Waals surface area contributed by atoms with Crippen molar-refractivity contribution in [3.05, 3.63) is 74.5 Å². The number of carbonyl (C=O) groups is 1. The summed E-state index contributed by atoms with van der Waals surface area (Å²) in [5.41, 5.74) is 13.4. The lowest BCUT2D eigenvalue weighted by atomic mass is 9.88. The van der Waals surface area contributed by atoms with Crippen molar-refractivity contribution in [2.24, 2.45) is 10.9 Å². The molecule has 1 fully saturated rings. The maximum absolute atomic E-state index is 13.0. The van der Waals surface area contributed by atoms with Crippen LogP contribution in [-0.2, 0) is 6.54 Å². The van der Waals surface area contributed by atoms with Crippen molar-refractivity contribution in [3.8, 4) is 0 Å². The third-order valence-electron chi connectivity index (χ3n) is 5.65. The summed E-state index contributed by atoms with van der Waals surface area (Å²) in [4.78, 5) is 37.8. The summed E-state index contributed by atoms with van der Waals surface area (Å²) in [5, 5.41) is 3.27. The number of carbonyl (C=O) groups excluding carboxylic acids is 1. The van der Waals surface area contributed by atoms with Crippen molar-refractivity contribution in [3.63, 3.8) is 0 Å². The van der Waals surface area contributed by atoms with Crippen LogP contribution in [0.5, 0.6) is 0 Å². The van der Waals surface area contributed by atoms with Crippen LogP contribution in [0.25, 0.3) is 11.0 Å². The zero-order valence-electron chi connectivity index (χ0n) is 16.3. The summed E-state index contributed by atoms with van der Waals surface area (Å²) in [6.07, 6.45) is 1.61. The summed E-state index contributed by atoms with van der Waals surface area (Å²) in [7, 11) is 0. The molecule has 1 aliphatic rings. The molecule has 8 nitrogen and oxygen atoms in total. The third-order valence-corrected chi connectivity index (χ3v) is 5.65. The molecule has 1 aromatic heterocycles. The minimum Gasteiger partial charge on any atom is -0.422 e. The van der Waals surface area contributed by atoms with Crippen molar-refractivity contribution in [2.75, 3.05) is 18.8 Å². The van der Waals surface area contributed by atoms with Gasteiger partial charge in [0, 0.05) is 31.1 Å². The Kier molecular flexibility index (Phi) is 5.33. The number of hydrogen-bond acceptors (Lipinski definition) is 7. The Morgan fingerprint density at radius 3 is 2.63 bits per heavy atom. The molecule has 4 rings (SSSR count). The Labute approximate surface area is 172 Å². The first kappa shape index (κ1) is 19.8. The second-order valence-corrected chi connectivity index (χ2v) is 7.50. The van der Waals surface area contributed by atoms with E-state index in [1.54, 1.807) is 4.90 Å². The van der Waals surface area contributed by atoms with Crippen molar-refractivity contribution in [2.45, 2.75) is 25.3 Å². The maximum atomic E-state index is 13.0. The highest BCUT2D eigenvalue weighted by molar-refractivity contribution is 5.98. The Morgan fingerprint density at radius 1 is 1.17 bits per heavy atom. The van der Waals surface area contributed by atoms with Crippen LogP contribution in [0.2, 0.25) is 0 Å². The SMILES string of the molecule is NCc1cccc(C2CCN(C(=O)c3cc4cc(N)c(N=O)cc4oc3=O)CC2)c1. The fourth-order valence-electron chi connectivity index (χ4n) is 3.96. The second-order valence-electron chi connectivity index (χ2n) is 7.50. The molecular weight excluding hydrogens is 384 g/mol. The molecule has 2 aromatic carbocycles. The molecule has 1 amide bonds. The smallest absolute Gasteiger partial charge is 0.349 e. The Bertz CT molecular complexity index is 1180. The highest BCUT2D eigenvalue weighted by Gasteiger charge is 2.27. The molecule has 0 saturated carbocycles. The fourth-order valence-corrected chi connectivity index (χ4v) is 3.96. The minimum atomic E-state index is -0.744. The van der Waals surface area contributed by atoms with Crippen LogP contribution in [0, 0.1) is 4.91 Å². The first-order valence-corrected chi connectivity index (χ1v) is 9.79. The highest BCUT2D eigenvalue weighted by atomic mass is 16.4. The average Bonchev–Trinajstić information content (AvgIpc) is 2.78. The lowest BCUT2D eigenvalue weighted by Crippen LogP contribution is -2.39. The van der Waals surface area contributed by atoms with E-state index in [-0.39, 0.29) is 28.4 Å². The molecule has 0 bridgehead atoms. The summed E-state index contributed by atoms with van der Waals surface area (Å²) < 4.78 is 5.25. The highest BCUT2D eigenvalue weighted by Crippen LogP contribution is 2.30. The molecule has 30 heavy (non-hydrogen) atoms. The number of hydrogen-bond donors (Lipinski definition) is 2. The van der Waals surface area contributed by atoms with Crippen LogP contribution in [0.15, 0.2) is 56.9 Å². The summed E-state index contributed by atoms with van der Waals surface area (Å²) in [6.45, 7) is 1.59. The number of rotatable bonds is 4. The predicted octanol–water partition coefficient (Wildman–Crippen LogP) is 3.25. The normalized spacial score (nSPS) is 14.8. The van der Waals surface area contributed by atoms with Crippen molar-refractivity contribution in [1.29, 1.82) is 0 Å². The van der Waals surface area contributed by atoms with Crippen LogP contribution in [-0.4, -0.2) is 23.9 Å². The van der Waals surface area contributed by atoms with Gasteiger partial charge in [0.05, 0.1) is 5.69 Å². The zero-order chi connectivity index (χ0) is 21.3. The van der Waals surface area contributed by atoms with E-state index in [2.05, 4.69) is 17.3 Å². The molecule has 8 heteroatoms. The van der Waals surface area contributed by atoms with Crippen molar-refractivity contribution < 1.29 is 9.21 Å². The number of nitrogen functional groups attached to an aromatic ring is 1. The summed E-state index contributed by atoms with van der Waals surface area (Å²) >= 11 is 0. The first-order chi connectivity index (χ1) is 14.5. The van der Waals surface area contributed by atoms with Crippen molar-refractivity contribution >= 4 is 28.3 Å². The molecule has 0 atom stereocenters. The monoisotopic (exact) mass is 406 g/mol. The molecule has 4 N–H and O–H groups in total. The number of fused-ring (bicyclic) bond motifs is 1. The minimum absolute atomic E-state index is 0.00879. The largest absolute Gasteiger partial charge is 0.422 e. The molecule has 154 valence electrons. The van der Waals surface area contributed by atoms with Gasteiger partial charge in [-0.25, -0.2) is 4.79 Å². The first-order valence-electron chi connectivity index (χ1n) is 9.79. The van der Waals surface area contributed by atoms with Gasteiger partial charge in [0.25, 0.3) is 5.91 Å². The van der Waals surface area contributed by atoms with E-state index in [1.807, 2.05) is 12.1 Å². The Balaban J connectivity index is 1.54. The lowest BCUT2D eigenvalue weighted by molar-refractivity contribution is 0.0709. The quantitative estimate of drug-likeness (QED) is 0.388. The number of likely N-dealkylation sites (tertiary alicyclic amines) is 1. The molecular formula is C22H22N4O4. The van der Waals surface area contributed by atoms with Gasteiger partial charge < -0.3 is 20.8 Å². The van der Waals surface area contributed by atoms with E-state index in [1.165, 1.54) is 23.8 Å². The third kappa shape index (κ3) is 3.69. The van der Waals surface area contributed by atoms with Crippen molar-refractivity contribution in [1.82, 2.24) is 4.90 Å². The molecule has 1 aliphatic heterocycles.